The van der Waals surface area contributed by atoms with Crippen LogP contribution in [0.15, 0.2) is 48.5 Å². The summed E-state index contributed by atoms with van der Waals surface area (Å²) in [6.45, 7) is 0.752. The van der Waals surface area contributed by atoms with Crippen LogP contribution in [0.3, 0.4) is 0 Å². The third-order valence-corrected chi connectivity index (χ3v) is 4.02. The summed E-state index contributed by atoms with van der Waals surface area (Å²) >= 11 is 0. The number of aryl methyl sites for hydroxylation is 1. The first-order chi connectivity index (χ1) is 11.9. The molecule has 0 saturated carbocycles. The summed E-state index contributed by atoms with van der Waals surface area (Å²) in [7, 11) is 0. The first-order valence-electron chi connectivity index (χ1n) is 8.01. The van der Waals surface area contributed by atoms with Crippen molar-refractivity contribution in [1.29, 1.82) is 0 Å². The molecule has 2 aromatic carbocycles. The largest absolute Gasteiger partial charge is 0.434 e. The molecule has 2 unspecified atom stereocenters. The van der Waals surface area contributed by atoms with Gasteiger partial charge in [-0.3, -0.25) is 4.79 Å². The molecule has 0 aliphatic heterocycles. The molecule has 134 valence electrons. The molecule has 3 N–H and O–H groups in total. The predicted molar refractivity (Wildman–Crippen MR) is 92.2 cm³/mol. The van der Waals surface area contributed by atoms with Crippen molar-refractivity contribution >= 4 is 5.91 Å². The minimum absolute atomic E-state index is 0.0564. The predicted octanol–water partition coefficient (Wildman–Crippen LogP) is 3.55. The summed E-state index contributed by atoms with van der Waals surface area (Å²) in [5, 5.41) is 2.75. The Morgan fingerprint density at radius 1 is 1.20 bits per heavy atom. The van der Waals surface area contributed by atoms with Crippen LogP contribution in [0.2, 0.25) is 0 Å². The summed E-state index contributed by atoms with van der Waals surface area (Å²) in [6, 6.07) is 13.7. The van der Waals surface area contributed by atoms with Crippen LogP contribution in [0.4, 0.5) is 8.78 Å². The quantitative estimate of drug-likeness (QED) is 0.804. The van der Waals surface area contributed by atoms with Crippen LogP contribution in [-0.4, -0.2) is 12.5 Å². The van der Waals surface area contributed by atoms with Crippen LogP contribution >= 0.6 is 0 Å². The molecule has 1 amide bonds. The molecule has 6 heteroatoms. The highest BCUT2D eigenvalue weighted by atomic mass is 19.3. The Labute approximate surface area is 146 Å². The van der Waals surface area contributed by atoms with Gasteiger partial charge in [0, 0.05) is 18.2 Å². The van der Waals surface area contributed by atoms with Gasteiger partial charge in [-0.15, -0.1) is 0 Å². The maximum Gasteiger partial charge on any atom is 0.387 e. The molecule has 0 radical (unpaired) electrons. The van der Waals surface area contributed by atoms with E-state index in [1.165, 1.54) is 6.07 Å². The van der Waals surface area contributed by atoms with Crippen LogP contribution in [-0.2, 0) is 11.3 Å². The first kappa shape index (κ1) is 18.9. The second kappa shape index (κ2) is 8.58. The number of hydrogen-bond acceptors (Lipinski definition) is 3. The van der Waals surface area contributed by atoms with E-state index in [-0.39, 0.29) is 18.2 Å². The molecule has 25 heavy (non-hydrogen) atoms. The van der Waals surface area contributed by atoms with Crippen molar-refractivity contribution in [2.75, 3.05) is 0 Å². The zero-order chi connectivity index (χ0) is 18.4. The van der Waals surface area contributed by atoms with Crippen LogP contribution in [0, 0.1) is 12.8 Å². The van der Waals surface area contributed by atoms with Crippen molar-refractivity contribution in [3.63, 3.8) is 0 Å². The van der Waals surface area contributed by atoms with Crippen molar-refractivity contribution < 1.29 is 18.3 Å². The molecule has 0 aliphatic rings. The van der Waals surface area contributed by atoms with Crippen LogP contribution in [0.1, 0.15) is 29.7 Å². The van der Waals surface area contributed by atoms with E-state index in [1.807, 2.05) is 37.3 Å². The van der Waals surface area contributed by atoms with Gasteiger partial charge in [0.1, 0.15) is 5.75 Å². The maximum atomic E-state index is 12.5. The van der Waals surface area contributed by atoms with Gasteiger partial charge >= 0.3 is 6.61 Å². The number of rotatable bonds is 7. The van der Waals surface area contributed by atoms with Gasteiger partial charge in [-0.05, 0) is 18.6 Å². The average Bonchev–Trinajstić information content (AvgIpc) is 2.60. The standard InChI is InChI=1S/C19H22F2N2O2/c1-12-8-9-16(25-19(20)21)15(10-12)11-23-18(24)13(2)17(22)14-6-4-3-5-7-14/h3-10,13,17,19H,11,22H2,1-2H3,(H,23,24). The van der Waals surface area contributed by atoms with Gasteiger partial charge in [-0.2, -0.15) is 8.78 Å². The lowest BCUT2D eigenvalue weighted by atomic mass is 9.94. The molecule has 4 nitrogen and oxygen atoms in total. The second-order valence-corrected chi connectivity index (χ2v) is 5.93. The summed E-state index contributed by atoms with van der Waals surface area (Å²) < 4.78 is 29.5. The average molecular weight is 348 g/mol. The Kier molecular flexibility index (Phi) is 6.47. The Bertz CT molecular complexity index is 708. The fourth-order valence-electron chi connectivity index (χ4n) is 2.53. The third-order valence-electron chi connectivity index (χ3n) is 4.02. The number of nitrogens with two attached hydrogens (primary N) is 1. The Hall–Kier alpha value is -2.47. The van der Waals surface area contributed by atoms with Crippen LogP contribution in [0.25, 0.3) is 0 Å². The van der Waals surface area contributed by atoms with Crippen molar-refractivity contribution in [1.82, 2.24) is 5.32 Å². The number of amides is 1. The number of carbonyl (C=O) groups is 1. The summed E-state index contributed by atoms with van der Waals surface area (Å²) in [6.07, 6.45) is 0. The van der Waals surface area contributed by atoms with E-state index >= 15 is 0 Å². The van der Waals surface area contributed by atoms with E-state index in [0.717, 1.165) is 11.1 Å². The van der Waals surface area contributed by atoms with Gasteiger partial charge in [0.15, 0.2) is 0 Å². The molecular weight excluding hydrogens is 326 g/mol. The Morgan fingerprint density at radius 3 is 2.52 bits per heavy atom. The zero-order valence-electron chi connectivity index (χ0n) is 14.2. The molecule has 2 rings (SSSR count). The van der Waals surface area contributed by atoms with Crippen LogP contribution in [0.5, 0.6) is 5.75 Å². The monoisotopic (exact) mass is 348 g/mol. The second-order valence-electron chi connectivity index (χ2n) is 5.93. The van der Waals surface area contributed by atoms with Gasteiger partial charge < -0.3 is 15.8 Å². The van der Waals surface area contributed by atoms with Crippen LogP contribution < -0.4 is 15.8 Å². The molecule has 2 aromatic rings. The summed E-state index contributed by atoms with van der Waals surface area (Å²) in [4.78, 5) is 12.4. The summed E-state index contributed by atoms with van der Waals surface area (Å²) in [5.74, 6) is -0.659. The van der Waals surface area contributed by atoms with Gasteiger partial charge in [0.05, 0.1) is 5.92 Å². The molecule has 0 aliphatic carbocycles. The zero-order valence-corrected chi connectivity index (χ0v) is 14.2. The summed E-state index contributed by atoms with van der Waals surface area (Å²) in [5.41, 5.74) is 8.39. The van der Waals surface area contributed by atoms with Crippen molar-refractivity contribution in [3.05, 3.63) is 65.2 Å². The number of carbonyl (C=O) groups excluding carboxylic acids is 1. The Balaban J connectivity index is 2.03. The number of benzene rings is 2. The molecule has 2 atom stereocenters. The smallest absolute Gasteiger partial charge is 0.387 e. The van der Waals surface area contributed by atoms with E-state index in [4.69, 9.17) is 5.73 Å². The highest BCUT2D eigenvalue weighted by Crippen LogP contribution is 2.23. The molecule has 0 saturated heterocycles. The van der Waals surface area contributed by atoms with Gasteiger partial charge in [-0.25, -0.2) is 0 Å². The lowest BCUT2D eigenvalue weighted by Crippen LogP contribution is -2.35. The minimum atomic E-state index is -2.91. The first-order valence-corrected chi connectivity index (χ1v) is 8.01. The number of nitrogens with one attached hydrogen (secondary N) is 1. The molecule has 0 bridgehead atoms. The van der Waals surface area contributed by atoms with E-state index in [9.17, 15) is 13.6 Å². The molecular formula is C19H22F2N2O2. The van der Waals surface area contributed by atoms with E-state index in [2.05, 4.69) is 10.1 Å². The minimum Gasteiger partial charge on any atom is -0.434 e. The normalized spacial score (nSPS) is 13.4. The lowest BCUT2D eigenvalue weighted by Gasteiger charge is -2.20. The van der Waals surface area contributed by atoms with E-state index < -0.39 is 18.6 Å². The highest BCUT2D eigenvalue weighted by Gasteiger charge is 2.22. The number of halogens is 2. The molecule has 0 fully saturated rings. The highest BCUT2D eigenvalue weighted by molar-refractivity contribution is 5.79. The Morgan fingerprint density at radius 2 is 1.88 bits per heavy atom. The van der Waals surface area contributed by atoms with Gasteiger partial charge in [-0.1, -0.05) is 55.0 Å². The number of alkyl halides is 2. The van der Waals surface area contributed by atoms with E-state index in [0.29, 0.717) is 5.56 Å². The van der Waals surface area contributed by atoms with Crippen molar-refractivity contribution in [3.8, 4) is 5.75 Å². The topological polar surface area (TPSA) is 64.3 Å². The maximum absolute atomic E-state index is 12.5. The fourth-order valence-corrected chi connectivity index (χ4v) is 2.53. The third kappa shape index (κ3) is 5.26. The van der Waals surface area contributed by atoms with Crippen molar-refractivity contribution in [2.45, 2.75) is 33.0 Å². The fraction of sp³-hybridized carbons (Fsp3) is 0.316. The van der Waals surface area contributed by atoms with Gasteiger partial charge in [0.2, 0.25) is 5.91 Å². The molecule has 0 spiro atoms. The lowest BCUT2D eigenvalue weighted by molar-refractivity contribution is -0.125. The number of ether oxygens (including phenoxy) is 1. The van der Waals surface area contributed by atoms with Crippen molar-refractivity contribution in [2.24, 2.45) is 11.7 Å². The molecule has 0 heterocycles. The molecule has 0 aromatic heterocycles. The van der Waals surface area contributed by atoms with E-state index in [1.54, 1.807) is 19.1 Å². The number of hydrogen-bond donors (Lipinski definition) is 2. The SMILES string of the molecule is Cc1ccc(OC(F)F)c(CNC(=O)C(C)C(N)c2ccccc2)c1. The van der Waals surface area contributed by atoms with Gasteiger partial charge in [0.25, 0.3) is 0 Å².